The molecule has 1 aromatic carbocycles. The Morgan fingerprint density at radius 1 is 1.32 bits per heavy atom. The first-order valence-corrected chi connectivity index (χ1v) is 9.20. The highest BCUT2D eigenvalue weighted by Gasteiger charge is 2.38. The van der Waals surface area contributed by atoms with Crippen LogP contribution in [-0.2, 0) is 0 Å². The Labute approximate surface area is 148 Å². The number of ether oxygens (including phenoxy) is 1. The molecule has 0 spiro atoms. The minimum Gasteiger partial charge on any atom is -0.481 e. The van der Waals surface area contributed by atoms with Crippen LogP contribution in [0.2, 0.25) is 0 Å². The van der Waals surface area contributed by atoms with Gasteiger partial charge in [-0.1, -0.05) is 25.1 Å². The van der Waals surface area contributed by atoms with Gasteiger partial charge in [0.2, 0.25) is 5.88 Å². The molecule has 132 valence electrons. The molecule has 2 aromatic rings. The zero-order valence-electron chi connectivity index (χ0n) is 14.9. The molecule has 5 heteroatoms. The smallest absolute Gasteiger partial charge is 0.272 e. The summed E-state index contributed by atoms with van der Waals surface area (Å²) >= 11 is 0. The van der Waals surface area contributed by atoms with Gasteiger partial charge < -0.3 is 9.64 Å². The number of hydrogen-bond acceptors (Lipinski definition) is 4. The van der Waals surface area contributed by atoms with Gasteiger partial charge in [-0.25, -0.2) is 4.98 Å². The minimum absolute atomic E-state index is 0.0300. The first-order chi connectivity index (χ1) is 12.2. The summed E-state index contributed by atoms with van der Waals surface area (Å²) in [5.41, 5.74) is 0.487. The molecule has 1 aromatic heterocycles. The Morgan fingerprint density at radius 3 is 2.96 bits per heavy atom. The largest absolute Gasteiger partial charge is 0.481 e. The molecule has 0 bridgehead atoms. The van der Waals surface area contributed by atoms with E-state index in [0.717, 1.165) is 30.3 Å². The number of aromatic nitrogens is 1. The number of benzene rings is 1. The minimum atomic E-state index is 0.0300. The van der Waals surface area contributed by atoms with Gasteiger partial charge in [0.05, 0.1) is 7.11 Å². The molecule has 2 aliphatic rings. The third kappa shape index (κ3) is 2.86. The number of nitrogens with zero attached hydrogens (tertiary/aromatic N) is 3. The molecule has 2 aliphatic heterocycles. The Kier molecular flexibility index (Phi) is 4.34. The topological polar surface area (TPSA) is 45.7 Å². The molecule has 5 nitrogen and oxygen atoms in total. The summed E-state index contributed by atoms with van der Waals surface area (Å²) in [5, 5.41) is 1.93. The van der Waals surface area contributed by atoms with E-state index < -0.39 is 0 Å². The lowest BCUT2D eigenvalue weighted by Crippen LogP contribution is -2.57. The molecule has 1 amide bonds. The van der Waals surface area contributed by atoms with E-state index in [1.807, 2.05) is 35.2 Å². The molecule has 2 fully saturated rings. The number of rotatable bonds is 3. The van der Waals surface area contributed by atoms with E-state index in [2.05, 4.69) is 16.8 Å². The number of fused-ring (bicyclic) bond motifs is 2. The predicted molar refractivity (Wildman–Crippen MR) is 98.0 cm³/mol. The summed E-state index contributed by atoms with van der Waals surface area (Å²) in [6, 6.07) is 10.6. The molecular weight excluding hydrogens is 314 g/mol. The zero-order chi connectivity index (χ0) is 17.4. The number of amides is 1. The highest BCUT2D eigenvalue weighted by atomic mass is 16.5. The number of carbonyl (C=O) groups excluding carboxylic acids is 1. The van der Waals surface area contributed by atoms with Gasteiger partial charge in [-0.3, -0.25) is 9.69 Å². The molecule has 3 heterocycles. The summed E-state index contributed by atoms with van der Waals surface area (Å²) in [6.45, 7) is 5.13. The second-order valence-electron chi connectivity index (χ2n) is 7.05. The second kappa shape index (κ2) is 6.64. The first kappa shape index (κ1) is 16.3. The van der Waals surface area contributed by atoms with Crippen molar-refractivity contribution in [1.82, 2.24) is 14.8 Å². The fraction of sp³-hybridized carbons (Fsp3) is 0.500. The summed E-state index contributed by atoms with van der Waals surface area (Å²) < 4.78 is 5.44. The fourth-order valence-corrected chi connectivity index (χ4v) is 4.26. The van der Waals surface area contributed by atoms with Crippen molar-refractivity contribution in [2.45, 2.75) is 38.3 Å². The van der Waals surface area contributed by atoms with Crippen molar-refractivity contribution in [1.29, 1.82) is 0 Å². The van der Waals surface area contributed by atoms with E-state index in [-0.39, 0.29) is 11.9 Å². The lowest BCUT2D eigenvalue weighted by atomic mass is 10.0. The molecule has 2 atom stereocenters. The lowest BCUT2D eigenvalue weighted by molar-refractivity contribution is 0.0340. The van der Waals surface area contributed by atoms with E-state index in [0.29, 0.717) is 17.6 Å². The number of piperazine rings is 1. The van der Waals surface area contributed by atoms with E-state index in [1.165, 1.54) is 19.4 Å². The van der Waals surface area contributed by atoms with Crippen LogP contribution >= 0.6 is 0 Å². The van der Waals surface area contributed by atoms with Crippen LogP contribution in [0.25, 0.3) is 10.8 Å². The maximum Gasteiger partial charge on any atom is 0.272 e. The normalized spacial score (nSPS) is 23.7. The van der Waals surface area contributed by atoms with Gasteiger partial charge in [0.15, 0.2) is 0 Å². The van der Waals surface area contributed by atoms with Crippen molar-refractivity contribution < 1.29 is 9.53 Å². The van der Waals surface area contributed by atoms with Crippen LogP contribution in [-0.4, -0.2) is 59.5 Å². The number of methoxy groups -OCH3 is 1. The third-order valence-corrected chi connectivity index (χ3v) is 5.64. The van der Waals surface area contributed by atoms with Gasteiger partial charge in [0.1, 0.15) is 5.69 Å². The van der Waals surface area contributed by atoms with Crippen LogP contribution in [0, 0.1) is 0 Å². The number of hydrogen-bond donors (Lipinski definition) is 0. The average molecular weight is 339 g/mol. The summed E-state index contributed by atoms with van der Waals surface area (Å²) in [7, 11) is 1.61. The quantitative estimate of drug-likeness (QED) is 0.862. The molecule has 0 N–H and O–H groups in total. The van der Waals surface area contributed by atoms with Gasteiger partial charge in [-0.05, 0) is 43.3 Å². The SMILES string of the molecule is CC[C@@H]1CN2CCC[C@@H]2CN1C(=O)c1cc2ccccc2c(OC)n1. The maximum absolute atomic E-state index is 13.3. The number of pyridine rings is 1. The van der Waals surface area contributed by atoms with Gasteiger partial charge in [-0.15, -0.1) is 0 Å². The Morgan fingerprint density at radius 2 is 2.16 bits per heavy atom. The number of carbonyl (C=O) groups is 1. The van der Waals surface area contributed by atoms with Crippen molar-refractivity contribution in [2.24, 2.45) is 0 Å². The average Bonchev–Trinajstić information content (AvgIpc) is 3.12. The van der Waals surface area contributed by atoms with Gasteiger partial charge in [-0.2, -0.15) is 0 Å². The van der Waals surface area contributed by atoms with Crippen LogP contribution in [0.5, 0.6) is 5.88 Å². The van der Waals surface area contributed by atoms with Gasteiger partial charge in [0, 0.05) is 30.6 Å². The molecule has 0 radical (unpaired) electrons. The Balaban J connectivity index is 1.68. The van der Waals surface area contributed by atoms with Crippen molar-refractivity contribution in [3.05, 3.63) is 36.0 Å². The van der Waals surface area contributed by atoms with E-state index in [9.17, 15) is 4.79 Å². The van der Waals surface area contributed by atoms with Crippen LogP contribution in [0.4, 0.5) is 0 Å². The fourth-order valence-electron chi connectivity index (χ4n) is 4.26. The molecule has 0 aliphatic carbocycles. The van der Waals surface area contributed by atoms with E-state index >= 15 is 0 Å². The van der Waals surface area contributed by atoms with Crippen LogP contribution in [0.15, 0.2) is 30.3 Å². The third-order valence-electron chi connectivity index (χ3n) is 5.64. The summed E-state index contributed by atoms with van der Waals surface area (Å²) in [5.74, 6) is 0.552. The van der Waals surface area contributed by atoms with E-state index in [1.54, 1.807) is 7.11 Å². The highest BCUT2D eigenvalue weighted by molar-refractivity contribution is 5.98. The van der Waals surface area contributed by atoms with Crippen molar-refractivity contribution >= 4 is 16.7 Å². The Hall–Kier alpha value is -2.14. The van der Waals surface area contributed by atoms with Gasteiger partial charge >= 0.3 is 0 Å². The monoisotopic (exact) mass is 339 g/mol. The summed E-state index contributed by atoms with van der Waals surface area (Å²) in [6.07, 6.45) is 3.40. The van der Waals surface area contributed by atoms with Crippen molar-refractivity contribution in [3.8, 4) is 5.88 Å². The standard InChI is InChI=1S/C20H25N3O2/c1-3-15-12-22-10-6-8-16(22)13-23(15)20(24)18-11-14-7-4-5-9-17(14)19(21-18)25-2/h4-5,7,9,11,15-16H,3,6,8,10,12-13H2,1-2H3/t15-,16-/m1/s1. The molecule has 0 unspecified atom stereocenters. The zero-order valence-corrected chi connectivity index (χ0v) is 14.9. The van der Waals surface area contributed by atoms with Crippen LogP contribution in [0.3, 0.4) is 0 Å². The molecule has 0 saturated carbocycles. The van der Waals surface area contributed by atoms with Crippen molar-refractivity contribution in [2.75, 3.05) is 26.7 Å². The van der Waals surface area contributed by atoms with Crippen molar-refractivity contribution in [3.63, 3.8) is 0 Å². The summed E-state index contributed by atoms with van der Waals surface area (Å²) in [4.78, 5) is 22.4. The maximum atomic E-state index is 13.3. The van der Waals surface area contributed by atoms with Crippen LogP contribution < -0.4 is 4.74 Å². The van der Waals surface area contributed by atoms with Gasteiger partial charge in [0.25, 0.3) is 5.91 Å². The van der Waals surface area contributed by atoms with Crippen LogP contribution in [0.1, 0.15) is 36.7 Å². The van der Waals surface area contributed by atoms with E-state index in [4.69, 9.17) is 4.74 Å². The second-order valence-corrected chi connectivity index (χ2v) is 7.05. The highest BCUT2D eigenvalue weighted by Crippen LogP contribution is 2.29. The molecule has 2 saturated heterocycles. The lowest BCUT2D eigenvalue weighted by Gasteiger charge is -2.43. The first-order valence-electron chi connectivity index (χ1n) is 9.20. The molecule has 4 rings (SSSR count). The molecule has 25 heavy (non-hydrogen) atoms. The predicted octanol–water partition coefficient (Wildman–Crippen LogP) is 2.94. The molecular formula is C20H25N3O2. The Bertz CT molecular complexity index is 792.